The Labute approximate surface area is 75.6 Å². The van der Waals surface area contributed by atoms with Crippen molar-refractivity contribution in [1.29, 1.82) is 0 Å². The number of hydrogen-bond acceptors (Lipinski definition) is 4. The molecule has 0 radical (unpaired) electrons. The van der Waals surface area contributed by atoms with Crippen LogP contribution < -0.4 is 5.32 Å². The van der Waals surface area contributed by atoms with Crippen LogP contribution in [-0.4, -0.2) is 27.7 Å². The lowest BCUT2D eigenvalue weighted by atomic mass is 10.4. The highest BCUT2D eigenvalue weighted by Crippen LogP contribution is 2.13. The van der Waals surface area contributed by atoms with Crippen molar-refractivity contribution in [2.75, 3.05) is 11.9 Å². The summed E-state index contributed by atoms with van der Waals surface area (Å²) in [5.41, 5.74) is 0. The van der Waals surface area contributed by atoms with Crippen LogP contribution in [0.15, 0.2) is 12.4 Å². The molecule has 0 unspecified atom stereocenters. The zero-order chi connectivity index (χ0) is 8.97. The van der Waals surface area contributed by atoms with Gasteiger partial charge in [-0.05, 0) is 6.92 Å². The number of rotatable bonds is 3. The van der Waals surface area contributed by atoms with Gasteiger partial charge in [-0.1, -0.05) is 11.6 Å². The Hall–Kier alpha value is -0.870. The Morgan fingerprint density at radius 3 is 2.83 bits per heavy atom. The fourth-order valence-electron chi connectivity index (χ4n) is 0.684. The van der Waals surface area contributed by atoms with E-state index in [2.05, 4.69) is 15.3 Å². The Morgan fingerprint density at radius 1 is 1.58 bits per heavy atom. The molecule has 0 saturated carbocycles. The van der Waals surface area contributed by atoms with E-state index in [-0.39, 0.29) is 0 Å². The van der Waals surface area contributed by atoms with Gasteiger partial charge >= 0.3 is 0 Å². The van der Waals surface area contributed by atoms with E-state index in [0.717, 1.165) is 0 Å². The first-order valence-corrected chi connectivity index (χ1v) is 3.96. The van der Waals surface area contributed by atoms with E-state index in [0.29, 0.717) is 17.5 Å². The minimum absolute atomic E-state index is 0.318. The van der Waals surface area contributed by atoms with Gasteiger partial charge < -0.3 is 10.4 Å². The van der Waals surface area contributed by atoms with Gasteiger partial charge in [-0.3, -0.25) is 0 Å². The van der Waals surface area contributed by atoms with Crippen LogP contribution in [0.4, 0.5) is 5.82 Å². The topological polar surface area (TPSA) is 58.0 Å². The molecule has 0 bridgehead atoms. The molecule has 4 nitrogen and oxygen atoms in total. The van der Waals surface area contributed by atoms with Crippen molar-refractivity contribution in [3.05, 3.63) is 17.5 Å². The molecule has 66 valence electrons. The van der Waals surface area contributed by atoms with Crippen LogP contribution in [0, 0.1) is 0 Å². The summed E-state index contributed by atoms with van der Waals surface area (Å²) in [4.78, 5) is 7.75. The van der Waals surface area contributed by atoms with Gasteiger partial charge in [-0.15, -0.1) is 0 Å². The first-order chi connectivity index (χ1) is 5.70. The smallest absolute Gasteiger partial charge is 0.171 e. The average molecular weight is 188 g/mol. The lowest BCUT2D eigenvalue weighted by Crippen LogP contribution is -2.16. The van der Waals surface area contributed by atoms with Crippen LogP contribution in [0.25, 0.3) is 0 Å². The van der Waals surface area contributed by atoms with Crippen LogP contribution >= 0.6 is 11.6 Å². The molecule has 0 fully saturated rings. The van der Waals surface area contributed by atoms with Crippen molar-refractivity contribution in [3.63, 3.8) is 0 Å². The monoisotopic (exact) mass is 187 g/mol. The zero-order valence-corrected chi connectivity index (χ0v) is 7.41. The largest absolute Gasteiger partial charge is 0.392 e. The summed E-state index contributed by atoms with van der Waals surface area (Å²) in [5.74, 6) is 0.500. The highest BCUT2D eigenvalue weighted by molar-refractivity contribution is 6.31. The van der Waals surface area contributed by atoms with Crippen LogP contribution in [0.2, 0.25) is 5.15 Å². The second-order valence-electron chi connectivity index (χ2n) is 2.43. The molecule has 0 spiro atoms. The SMILES string of the molecule is C[C@@H](O)CNc1nccnc1Cl. The van der Waals surface area contributed by atoms with Gasteiger partial charge in [0.25, 0.3) is 0 Å². The number of anilines is 1. The third kappa shape index (κ3) is 2.64. The summed E-state index contributed by atoms with van der Waals surface area (Å²) in [5, 5.41) is 12.1. The summed E-state index contributed by atoms with van der Waals surface area (Å²) >= 11 is 5.69. The van der Waals surface area contributed by atoms with Gasteiger partial charge in [0.15, 0.2) is 11.0 Å². The lowest BCUT2D eigenvalue weighted by Gasteiger charge is -2.07. The van der Waals surface area contributed by atoms with Crippen molar-refractivity contribution < 1.29 is 5.11 Å². The third-order valence-corrected chi connectivity index (χ3v) is 1.50. The Kier molecular flexibility index (Phi) is 3.25. The Morgan fingerprint density at radius 2 is 2.25 bits per heavy atom. The summed E-state index contributed by atoms with van der Waals surface area (Å²) < 4.78 is 0. The molecule has 0 saturated heterocycles. The van der Waals surface area contributed by atoms with Crippen molar-refractivity contribution in [2.45, 2.75) is 13.0 Å². The van der Waals surface area contributed by atoms with Gasteiger partial charge in [0, 0.05) is 18.9 Å². The van der Waals surface area contributed by atoms with E-state index in [1.807, 2.05) is 0 Å². The van der Waals surface area contributed by atoms with Gasteiger partial charge in [0.1, 0.15) is 0 Å². The Balaban J connectivity index is 2.57. The molecule has 0 amide bonds. The first-order valence-electron chi connectivity index (χ1n) is 3.58. The van der Waals surface area contributed by atoms with E-state index in [1.165, 1.54) is 12.4 Å². The summed E-state index contributed by atoms with van der Waals surface area (Å²) in [6.45, 7) is 2.09. The van der Waals surface area contributed by atoms with Gasteiger partial charge in [-0.25, -0.2) is 9.97 Å². The van der Waals surface area contributed by atoms with Crippen molar-refractivity contribution in [3.8, 4) is 0 Å². The van der Waals surface area contributed by atoms with E-state index in [4.69, 9.17) is 16.7 Å². The molecular formula is C7H10ClN3O. The highest BCUT2D eigenvalue weighted by Gasteiger charge is 2.01. The third-order valence-electron chi connectivity index (χ3n) is 1.22. The molecular weight excluding hydrogens is 178 g/mol. The minimum atomic E-state index is -0.428. The van der Waals surface area contributed by atoms with Crippen LogP contribution in [0.5, 0.6) is 0 Å². The molecule has 1 heterocycles. The normalized spacial score (nSPS) is 12.6. The average Bonchev–Trinajstić information content (AvgIpc) is 2.03. The van der Waals surface area contributed by atoms with Crippen molar-refractivity contribution >= 4 is 17.4 Å². The molecule has 0 aliphatic carbocycles. The maximum Gasteiger partial charge on any atom is 0.171 e. The highest BCUT2D eigenvalue weighted by atomic mass is 35.5. The predicted molar refractivity (Wildman–Crippen MR) is 47.2 cm³/mol. The summed E-state index contributed by atoms with van der Waals surface area (Å²) in [6.07, 6.45) is 2.62. The minimum Gasteiger partial charge on any atom is -0.392 e. The van der Waals surface area contributed by atoms with E-state index >= 15 is 0 Å². The second kappa shape index (κ2) is 4.23. The van der Waals surface area contributed by atoms with E-state index < -0.39 is 6.10 Å². The van der Waals surface area contributed by atoms with Gasteiger partial charge in [0.05, 0.1) is 6.10 Å². The van der Waals surface area contributed by atoms with Gasteiger partial charge in [0.2, 0.25) is 0 Å². The molecule has 1 atom stereocenters. The molecule has 0 aliphatic rings. The fraction of sp³-hybridized carbons (Fsp3) is 0.429. The predicted octanol–water partition coefficient (Wildman–Crippen LogP) is 0.923. The maximum absolute atomic E-state index is 8.95. The quantitative estimate of drug-likeness (QED) is 0.739. The molecule has 5 heteroatoms. The number of aliphatic hydroxyl groups excluding tert-OH is 1. The molecule has 1 aromatic heterocycles. The molecule has 1 rings (SSSR count). The molecule has 2 N–H and O–H groups in total. The number of nitrogens with zero attached hydrogens (tertiary/aromatic N) is 2. The van der Waals surface area contributed by atoms with Crippen LogP contribution in [0.1, 0.15) is 6.92 Å². The second-order valence-corrected chi connectivity index (χ2v) is 2.78. The van der Waals surface area contributed by atoms with E-state index in [9.17, 15) is 0 Å². The summed E-state index contributed by atoms with van der Waals surface area (Å²) in [7, 11) is 0. The standard InChI is InChI=1S/C7H10ClN3O/c1-5(12)4-11-7-6(8)9-2-3-10-7/h2-3,5,12H,4H2,1H3,(H,10,11)/t5-/m1/s1. The molecule has 0 aromatic carbocycles. The fourth-order valence-corrected chi connectivity index (χ4v) is 0.856. The number of aromatic nitrogens is 2. The van der Waals surface area contributed by atoms with Crippen LogP contribution in [-0.2, 0) is 0 Å². The molecule has 1 aromatic rings. The first kappa shape index (κ1) is 9.22. The number of aliphatic hydroxyl groups is 1. The number of hydrogen-bond donors (Lipinski definition) is 2. The maximum atomic E-state index is 8.95. The summed E-state index contributed by atoms with van der Waals surface area (Å²) in [6, 6.07) is 0. The van der Waals surface area contributed by atoms with Gasteiger partial charge in [-0.2, -0.15) is 0 Å². The van der Waals surface area contributed by atoms with Crippen molar-refractivity contribution in [1.82, 2.24) is 9.97 Å². The lowest BCUT2D eigenvalue weighted by molar-refractivity contribution is 0.208. The van der Waals surface area contributed by atoms with E-state index in [1.54, 1.807) is 6.92 Å². The van der Waals surface area contributed by atoms with Crippen molar-refractivity contribution in [2.24, 2.45) is 0 Å². The Bertz CT molecular complexity index is 254. The number of nitrogens with one attached hydrogen (secondary N) is 1. The zero-order valence-electron chi connectivity index (χ0n) is 6.66. The number of halogens is 1. The molecule has 0 aliphatic heterocycles. The molecule has 12 heavy (non-hydrogen) atoms. The van der Waals surface area contributed by atoms with Crippen LogP contribution in [0.3, 0.4) is 0 Å².